The molecule has 0 unspecified atom stereocenters. The summed E-state index contributed by atoms with van der Waals surface area (Å²) in [7, 11) is 3.12. The second-order valence-corrected chi connectivity index (χ2v) is 6.61. The average Bonchev–Trinajstić information content (AvgIpc) is 3.31. The van der Waals surface area contributed by atoms with Crippen LogP contribution in [0.1, 0.15) is 15.9 Å². The van der Waals surface area contributed by atoms with Gasteiger partial charge in [0.2, 0.25) is 5.91 Å². The van der Waals surface area contributed by atoms with Crippen molar-refractivity contribution in [2.24, 2.45) is 0 Å². The predicted octanol–water partition coefficient (Wildman–Crippen LogP) is 2.58. The Morgan fingerprint density at radius 2 is 1.53 bits per heavy atom. The van der Waals surface area contributed by atoms with Crippen molar-refractivity contribution >= 4 is 11.8 Å². The fourth-order valence-electron chi connectivity index (χ4n) is 3.01. The van der Waals surface area contributed by atoms with Crippen molar-refractivity contribution < 1.29 is 19.1 Å². The quantitative estimate of drug-likeness (QED) is 0.534. The standard InChI is InChI=1S/C23H25N3O4/c1-29-20-10-5-17(15-21(20)30-2)16-22(27)24-11-12-25-23(28)18-6-8-19(9-7-18)26-13-3-4-14-26/h3-10,13-15H,11-12,16H2,1-2H3,(H,24,27)(H,25,28). The van der Waals surface area contributed by atoms with E-state index in [9.17, 15) is 9.59 Å². The molecule has 30 heavy (non-hydrogen) atoms. The number of ether oxygens (including phenoxy) is 2. The minimum Gasteiger partial charge on any atom is -0.493 e. The van der Waals surface area contributed by atoms with Gasteiger partial charge in [0.05, 0.1) is 20.6 Å². The normalized spacial score (nSPS) is 10.3. The summed E-state index contributed by atoms with van der Waals surface area (Å²) in [5.74, 6) is 0.888. The van der Waals surface area contributed by atoms with Gasteiger partial charge in [-0.3, -0.25) is 9.59 Å². The first-order valence-electron chi connectivity index (χ1n) is 9.60. The van der Waals surface area contributed by atoms with Crippen LogP contribution in [0.15, 0.2) is 67.0 Å². The summed E-state index contributed by atoms with van der Waals surface area (Å²) >= 11 is 0. The molecule has 0 aliphatic carbocycles. The van der Waals surface area contributed by atoms with Crippen molar-refractivity contribution in [2.45, 2.75) is 6.42 Å². The maximum Gasteiger partial charge on any atom is 0.251 e. The predicted molar refractivity (Wildman–Crippen MR) is 114 cm³/mol. The molecule has 3 rings (SSSR count). The molecule has 0 aliphatic rings. The van der Waals surface area contributed by atoms with Gasteiger partial charge in [-0.15, -0.1) is 0 Å². The number of carbonyl (C=O) groups is 2. The van der Waals surface area contributed by atoms with Crippen molar-refractivity contribution in [2.75, 3.05) is 27.3 Å². The molecule has 0 fully saturated rings. The average molecular weight is 407 g/mol. The molecule has 7 heteroatoms. The third-order valence-corrected chi connectivity index (χ3v) is 4.58. The molecule has 7 nitrogen and oxygen atoms in total. The zero-order valence-electron chi connectivity index (χ0n) is 17.1. The van der Waals surface area contributed by atoms with Gasteiger partial charge in [0, 0.05) is 36.7 Å². The monoisotopic (exact) mass is 407 g/mol. The van der Waals surface area contributed by atoms with Gasteiger partial charge in [0.15, 0.2) is 11.5 Å². The van der Waals surface area contributed by atoms with Gasteiger partial charge in [0.25, 0.3) is 5.91 Å². The molecule has 0 atom stereocenters. The van der Waals surface area contributed by atoms with Crippen LogP contribution in [0.25, 0.3) is 5.69 Å². The van der Waals surface area contributed by atoms with E-state index in [0.717, 1.165) is 11.3 Å². The van der Waals surface area contributed by atoms with E-state index in [4.69, 9.17) is 9.47 Å². The van der Waals surface area contributed by atoms with Gasteiger partial charge in [-0.25, -0.2) is 0 Å². The number of carbonyl (C=O) groups excluding carboxylic acids is 2. The number of methoxy groups -OCH3 is 2. The van der Waals surface area contributed by atoms with Crippen molar-refractivity contribution in [1.29, 1.82) is 0 Å². The third-order valence-electron chi connectivity index (χ3n) is 4.58. The second kappa shape index (κ2) is 10.2. The lowest BCUT2D eigenvalue weighted by molar-refractivity contribution is -0.120. The first-order valence-corrected chi connectivity index (χ1v) is 9.60. The van der Waals surface area contributed by atoms with Gasteiger partial charge in [-0.05, 0) is 54.1 Å². The first kappa shape index (κ1) is 21.0. The Morgan fingerprint density at radius 1 is 0.867 bits per heavy atom. The lowest BCUT2D eigenvalue weighted by Crippen LogP contribution is -2.35. The zero-order valence-corrected chi connectivity index (χ0v) is 17.1. The highest BCUT2D eigenvalue weighted by atomic mass is 16.5. The first-order chi connectivity index (χ1) is 14.6. The minimum atomic E-state index is -0.178. The fraction of sp³-hybridized carbons (Fsp3) is 0.217. The molecule has 0 bridgehead atoms. The number of aromatic nitrogens is 1. The Hall–Kier alpha value is -3.74. The van der Waals surface area contributed by atoms with Crippen LogP contribution in [0.3, 0.4) is 0 Å². The Morgan fingerprint density at radius 3 is 2.20 bits per heavy atom. The van der Waals surface area contributed by atoms with Gasteiger partial charge < -0.3 is 24.7 Å². The Balaban J connectivity index is 1.42. The summed E-state index contributed by atoms with van der Waals surface area (Å²) in [5.41, 5.74) is 2.37. The topological polar surface area (TPSA) is 81.6 Å². The largest absolute Gasteiger partial charge is 0.493 e. The highest BCUT2D eigenvalue weighted by Crippen LogP contribution is 2.27. The highest BCUT2D eigenvalue weighted by Gasteiger charge is 2.09. The number of nitrogens with zero attached hydrogens (tertiary/aromatic N) is 1. The molecule has 3 aromatic rings. The van der Waals surface area contributed by atoms with Crippen LogP contribution in [-0.4, -0.2) is 43.7 Å². The Labute approximate surface area is 175 Å². The van der Waals surface area contributed by atoms with Crippen LogP contribution < -0.4 is 20.1 Å². The van der Waals surface area contributed by atoms with Gasteiger partial charge >= 0.3 is 0 Å². The maximum atomic E-state index is 12.3. The van der Waals surface area contributed by atoms with E-state index < -0.39 is 0 Å². The van der Waals surface area contributed by atoms with E-state index in [-0.39, 0.29) is 18.2 Å². The van der Waals surface area contributed by atoms with E-state index in [2.05, 4.69) is 10.6 Å². The van der Waals surface area contributed by atoms with Crippen LogP contribution in [0.5, 0.6) is 11.5 Å². The van der Waals surface area contributed by atoms with Gasteiger partial charge in [-0.2, -0.15) is 0 Å². The maximum absolute atomic E-state index is 12.3. The summed E-state index contributed by atoms with van der Waals surface area (Å²) in [6.07, 6.45) is 4.11. The number of rotatable bonds is 9. The molecular formula is C23H25N3O4. The SMILES string of the molecule is COc1ccc(CC(=O)NCCNC(=O)c2ccc(-n3cccc3)cc2)cc1OC. The lowest BCUT2D eigenvalue weighted by Gasteiger charge is -2.10. The van der Waals surface area contributed by atoms with Crippen LogP contribution in [0, 0.1) is 0 Å². The van der Waals surface area contributed by atoms with E-state index in [1.807, 2.05) is 47.3 Å². The number of amides is 2. The van der Waals surface area contributed by atoms with Crippen LogP contribution in [-0.2, 0) is 11.2 Å². The number of hydrogen-bond acceptors (Lipinski definition) is 4. The van der Waals surface area contributed by atoms with E-state index in [1.165, 1.54) is 0 Å². The molecule has 0 radical (unpaired) electrons. The molecule has 0 spiro atoms. The molecule has 0 saturated carbocycles. The minimum absolute atomic E-state index is 0.132. The van der Waals surface area contributed by atoms with Crippen molar-refractivity contribution in [3.05, 3.63) is 78.1 Å². The van der Waals surface area contributed by atoms with Gasteiger partial charge in [-0.1, -0.05) is 6.07 Å². The summed E-state index contributed by atoms with van der Waals surface area (Å²) in [5, 5.41) is 5.61. The molecular weight excluding hydrogens is 382 g/mol. The van der Waals surface area contributed by atoms with E-state index in [0.29, 0.717) is 30.2 Å². The molecule has 0 aliphatic heterocycles. The molecule has 156 valence electrons. The Kier molecular flexibility index (Phi) is 7.10. The van der Waals surface area contributed by atoms with Crippen molar-refractivity contribution in [1.82, 2.24) is 15.2 Å². The molecule has 2 amide bonds. The van der Waals surface area contributed by atoms with Crippen molar-refractivity contribution in [3.8, 4) is 17.2 Å². The van der Waals surface area contributed by atoms with E-state index in [1.54, 1.807) is 38.5 Å². The Bertz CT molecular complexity index is 982. The molecule has 2 N–H and O–H groups in total. The highest BCUT2D eigenvalue weighted by molar-refractivity contribution is 5.94. The summed E-state index contributed by atoms with van der Waals surface area (Å²) in [4.78, 5) is 24.4. The molecule has 0 saturated heterocycles. The second-order valence-electron chi connectivity index (χ2n) is 6.61. The van der Waals surface area contributed by atoms with Crippen LogP contribution in [0.2, 0.25) is 0 Å². The fourth-order valence-corrected chi connectivity index (χ4v) is 3.01. The summed E-state index contributed by atoms with van der Waals surface area (Å²) in [6, 6.07) is 16.6. The summed E-state index contributed by atoms with van der Waals surface area (Å²) < 4.78 is 12.4. The smallest absolute Gasteiger partial charge is 0.251 e. The van der Waals surface area contributed by atoms with Gasteiger partial charge in [0.1, 0.15) is 0 Å². The third kappa shape index (κ3) is 5.41. The number of benzene rings is 2. The van der Waals surface area contributed by atoms with E-state index >= 15 is 0 Å². The number of hydrogen-bond donors (Lipinski definition) is 2. The molecule has 1 aromatic heterocycles. The van der Waals surface area contributed by atoms with Crippen LogP contribution >= 0.6 is 0 Å². The van der Waals surface area contributed by atoms with Crippen molar-refractivity contribution in [3.63, 3.8) is 0 Å². The zero-order chi connectivity index (χ0) is 21.3. The lowest BCUT2D eigenvalue weighted by atomic mass is 10.1. The molecule has 2 aromatic carbocycles. The van der Waals surface area contributed by atoms with Crippen LogP contribution in [0.4, 0.5) is 0 Å². The number of nitrogens with one attached hydrogen (secondary N) is 2. The molecule has 1 heterocycles. The summed E-state index contributed by atoms with van der Waals surface area (Å²) in [6.45, 7) is 0.690.